The minimum Gasteiger partial charge on any atom is -0.493 e. The van der Waals surface area contributed by atoms with Crippen molar-refractivity contribution in [3.8, 4) is 11.5 Å². The van der Waals surface area contributed by atoms with Gasteiger partial charge in [0.15, 0.2) is 11.5 Å². The third-order valence-corrected chi connectivity index (χ3v) is 2.77. The van der Waals surface area contributed by atoms with E-state index in [4.69, 9.17) is 14.2 Å². The van der Waals surface area contributed by atoms with Crippen molar-refractivity contribution in [2.24, 2.45) is 0 Å². The van der Waals surface area contributed by atoms with Gasteiger partial charge in [0, 0.05) is 0 Å². The normalized spacial score (nSPS) is 32.0. The number of hydrogen-bond donors (Lipinski definition) is 3. The Kier molecular flexibility index (Phi) is 4.03. The average Bonchev–Trinajstić information content (AvgIpc) is 2.40. The summed E-state index contributed by atoms with van der Waals surface area (Å²) >= 11 is 0. The van der Waals surface area contributed by atoms with Crippen LogP contribution in [0.1, 0.15) is 0 Å². The Bertz CT molecular complexity index is 396. The van der Waals surface area contributed by atoms with Crippen molar-refractivity contribution in [3.05, 3.63) is 24.3 Å². The second kappa shape index (κ2) is 5.53. The van der Waals surface area contributed by atoms with Crippen molar-refractivity contribution in [1.29, 1.82) is 0 Å². The van der Waals surface area contributed by atoms with Gasteiger partial charge < -0.3 is 29.5 Å². The van der Waals surface area contributed by atoms with E-state index in [1.807, 2.05) is 0 Å². The van der Waals surface area contributed by atoms with E-state index in [0.29, 0.717) is 11.5 Å². The van der Waals surface area contributed by atoms with Gasteiger partial charge in [-0.05, 0) is 12.1 Å². The third-order valence-electron chi connectivity index (χ3n) is 2.77. The lowest BCUT2D eigenvalue weighted by atomic mass is 10.1. The number of para-hydroxylation sites is 2. The zero-order valence-corrected chi connectivity index (χ0v) is 9.89. The summed E-state index contributed by atoms with van der Waals surface area (Å²) in [6.07, 6.45) is -4.77. The number of aliphatic hydroxyl groups is 3. The van der Waals surface area contributed by atoms with Crippen molar-refractivity contribution in [2.75, 3.05) is 13.7 Å². The van der Waals surface area contributed by atoms with E-state index < -0.39 is 24.6 Å². The minimum absolute atomic E-state index is 0.0992. The molecular weight excluding hydrogens is 240 g/mol. The quantitative estimate of drug-likeness (QED) is 0.676. The van der Waals surface area contributed by atoms with E-state index in [-0.39, 0.29) is 6.61 Å². The standard InChI is InChI=1S/C12H16O6/c1-16-8-4-2-3-5-9(8)18-12-11(15)10(14)7(13)6-17-12/h2-5,7,10-15H,6H2,1H3/t7-,10-,11-,12+/m1/s1. The molecular formula is C12H16O6. The van der Waals surface area contributed by atoms with Crippen LogP contribution in [-0.4, -0.2) is 53.6 Å². The molecule has 0 amide bonds. The summed E-state index contributed by atoms with van der Waals surface area (Å²) in [4.78, 5) is 0. The highest BCUT2D eigenvalue weighted by Gasteiger charge is 2.39. The summed E-state index contributed by atoms with van der Waals surface area (Å²) in [7, 11) is 1.50. The molecule has 2 rings (SSSR count). The summed E-state index contributed by atoms with van der Waals surface area (Å²) in [5.74, 6) is 0.890. The van der Waals surface area contributed by atoms with Crippen molar-refractivity contribution >= 4 is 0 Å². The molecule has 1 saturated heterocycles. The van der Waals surface area contributed by atoms with Gasteiger partial charge in [-0.1, -0.05) is 12.1 Å². The predicted molar refractivity (Wildman–Crippen MR) is 61.4 cm³/mol. The smallest absolute Gasteiger partial charge is 0.229 e. The second-order valence-corrected chi connectivity index (χ2v) is 4.02. The average molecular weight is 256 g/mol. The van der Waals surface area contributed by atoms with Crippen molar-refractivity contribution in [1.82, 2.24) is 0 Å². The predicted octanol–water partition coefficient (Wildman–Crippen LogP) is -0.487. The van der Waals surface area contributed by atoms with E-state index in [1.165, 1.54) is 7.11 Å². The van der Waals surface area contributed by atoms with Gasteiger partial charge in [-0.15, -0.1) is 0 Å². The molecule has 1 fully saturated rings. The maximum absolute atomic E-state index is 9.73. The van der Waals surface area contributed by atoms with Crippen LogP contribution in [0.3, 0.4) is 0 Å². The lowest BCUT2D eigenvalue weighted by Gasteiger charge is -2.35. The van der Waals surface area contributed by atoms with Gasteiger partial charge in [0.1, 0.15) is 18.3 Å². The monoisotopic (exact) mass is 256 g/mol. The molecule has 0 radical (unpaired) electrons. The van der Waals surface area contributed by atoms with Crippen molar-refractivity contribution in [3.63, 3.8) is 0 Å². The molecule has 0 aliphatic carbocycles. The first-order valence-corrected chi connectivity index (χ1v) is 5.59. The molecule has 6 heteroatoms. The Balaban J connectivity index is 2.09. The number of aliphatic hydroxyl groups excluding tert-OH is 3. The summed E-state index contributed by atoms with van der Waals surface area (Å²) in [6.45, 7) is -0.0992. The van der Waals surface area contributed by atoms with Crippen LogP contribution in [-0.2, 0) is 4.74 Å². The van der Waals surface area contributed by atoms with Crippen LogP contribution < -0.4 is 9.47 Å². The Labute approximate surface area is 104 Å². The first-order valence-electron chi connectivity index (χ1n) is 5.59. The first-order chi connectivity index (χ1) is 8.63. The van der Waals surface area contributed by atoms with Crippen LogP contribution in [0.25, 0.3) is 0 Å². The van der Waals surface area contributed by atoms with E-state index in [1.54, 1.807) is 24.3 Å². The maximum atomic E-state index is 9.73. The minimum atomic E-state index is -1.32. The SMILES string of the molecule is COc1ccccc1O[C@@H]1OC[C@@H](O)[C@@H](O)[C@H]1O. The molecule has 18 heavy (non-hydrogen) atoms. The fourth-order valence-electron chi connectivity index (χ4n) is 1.72. The number of benzene rings is 1. The summed E-state index contributed by atoms with van der Waals surface area (Å²) in [5, 5.41) is 28.6. The molecule has 0 saturated carbocycles. The molecule has 100 valence electrons. The summed E-state index contributed by atoms with van der Waals surface area (Å²) in [5.41, 5.74) is 0. The maximum Gasteiger partial charge on any atom is 0.229 e. The Morgan fingerprint density at radius 2 is 1.78 bits per heavy atom. The molecule has 0 bridgehead atoms. The zero-order valence-electron chi connectivity index (χ0n) is 9.89. The molecule has 4 atom stereocenters. The summed E-state index contributed by atoms with van der Waals surface area (Å²) < 4.78 is 15.7. The molecule has 1 aliphatic heterocycles. The van der Waals surface area contributed by atoms with Gasteiger partial charge in [0.2, 0.25) is 6.29 Å². The van der Waals surface area contributed by atoms with E-state index in [0.717, 1.165) is 0 Å². The van der Waals surface area contributed by atoms with Crippen LogP contribution in [0.15, 0.2) is 24.3 Å². The van der Waals surface area contributed by atoms with Gasteiger partial charge in [0.05, 0.1) is 13.7 Å². The fraction of sp³-hybridized carbons (Fsp3) is 0.500. The molecule has 1 aromatic rings. The Morgan fingerprint density at radius 3 is 2.44 bits per heavy atom. The molecule has 0 aromatic heterocycles. The first kappa shape index (κ1) is 13.1. The number of hydrogen-bond acceptors (Lipinski definition) is 6. The molecule has 6 nitrogen and oxygen atoms in total. The summed E-state index contributed by atoms with van der Waals surface area (Å²) in [6, 6.07) is 6.89. The van der Waals surface area contributed by atoms with Gasteiger partial charge in [0.25, 0.3) is 0 Å². The van der Waals surface area contributed by atoms with E-state index in [2.05, 4.69) is 0 Å². The van der Waals surface area contributed by atoms with Crippen molar-refractivity contribution in [2.45, 2.75) is 24.6 Å². The zero-order chi connectivity index (χ0) is 13.1. The van der Waals surface area contributed by atoms with Gasteiger partial charge >= 0.3 is 0 Å². The highest BCUT2D eigenvalue weighted by Crippen LogP contribution is 2.29. The largest absolute Gasteiger partial charge is 0.493 e. The Hall–Kier alpha value is -1.34. The molecule has 1 aliphatic rings. The molecule has 1 heterocycles. The molecule has 1 aromatic carbocycles. The van der Waals surface area contributed by atoms with Crippen LogP contribution in [0.5, 0.6) is 11.5 Å². The van der Waals surface area contributed by atoms with Gasteiger partial charge in [-0.25, -0.2) is 0 Å². The second-order valence-electron chi connectivity index (χ2n) is 4.02. The lowest BCUT2D eigenvalue weighted by Crippen LogP contribution is -2.54. The lowest BCUT2D eigenvalue weighted by molar-refractivity contribution is -0.242. The van der Waals surface area contributed by atoms with E-state index in [9.17, 15) is 15.3 Å². The molecule has 3 N–H and O–H groups in total. The topological polar surface area (TPSA) is 88.4 Å². The Morgan fingerprint density at radius 1 is 1.11 bits per heavy atom. The fourth-order valence-corrected chi connectivity index (χ4v) is 1.72. The van der Waals surface area contributed by atoms with Crippen molar-refractivity contribution < 1.29 is 29.5 Å². The number of ether oxygens (including phenoxy) is 3. The highest BCUT2D eigenvalue weighted by atomic mass is 16.7. The number of methoxy groups -OCH3 is 1. The number of rotatable bonds is 3. The van der Waals surface area contributed by atoms with Crippen LogP contribution in [0.4, 0.5) is 0 Å². The molecule has 0 spiro atoms. The van der Waals surface area contributed by atoms with Gasteiger partial charge in [-0.3, -0.25) is 0 Å². The van der Waals surface area contributed by atoms with Crippen LogP contribution in [0, 0.1) is 0 Å². The molecule has 0 unspecified atom stereocenters. The third kappa shape index (κ3) is 2.56. The highest BCUT2D eigenvalue weighted by molar-refractivity contribution is 5.39. The van der Waals surface area contributed by atoms with Crippen LogP contribution in [0.2, 0.25) is 0 Å². The van der Waals surface area contributed by atoms with Gasteiger partial charge in [-0.2, -0.15) is 0 Å². The van der Waals surface area contributed by atoms with E-state index >= 15 is 0 Å². The van der Waals surface area contributed by atoms with Crippen LogP contribution >= 0.6 is 0 Å².